The molecule has 0 fully saturated rings. The summed E-state index contributed by atoms with van der Waals surface area (Å²) in [6, 6.07) is 22.7. The summed E-state index contributed by atoms with van der Waals surface area (Å²) in [6.45, 7) is 5.85. The molecule has 0 N–H and O–H groups in total. The van der Waals surface area contributed by atoms with Gasteiger partial charge in [-0.1, -0.05) is 42.5 Å². The van der Waals surface area contributed by atoms with Crippen molar-refractivity contribution in [2.75, 3.05) is 46.8 Å². The molecular weight excluding hydrogens is 508 g/mol. The van der Waals surface area contributed by atoms with Crippen molar-refractivity contribution in [2.24, 2.45) is 0 Å². The summed E-state index contributed by atoms with van der Waals surface area (Å²) < 4.78 is 25.5. The average Bonchev–Trinajstić information content (AvgIpc) is 3.55. The SMILES string of the molecule is COCCOCCOCCn1cnc2cc(-c3ccc(-c4nc5ccccc5n4CCOC(C)=O)cc3)ccc21. The molecule has 2 heterocycles. The third-order valence-corrected chi connectivity index (χ3v) is 6.65. The van der Waals surface area contributed by atoms with E-state index in [1.54, 1.807) is 7.11 Å². The topological polar surface area (TPSA) is 89.6 Å². The zero-order valence-corrected chi connectivity index (χ0v) is 22.9. The van der Waals surface area contributed by atoms with E-state index >= 15 is 0 Å². The number of benzene rings is 3. The fraction of sp³-hybridized carbons (Fsp3) is 0.323. The highest BCUT2D eigenvalue weighted by Gasteiger charge is 2.13. The van der Waals surface area contributed by atoms with Gasteiger partial charge in [-0.3, -0.25) is 4.79 Å². The highest BCUT2D eigenvalue weighted by molar-refractivity contribution is 5.84. The standard InChI is InChI=1S/C31H34N4O5/c1-23(36)40-16-14-35-30-6-4-3-5-27(30)33-31(35)25-9-7-24(8-10-25)26-11-12-29-28(21-26)32-22-34(29)13-15-38-19-20-39-18-17-37-2/h3-12,21-22H,13-20H2,1-2H3. The van der Waals surface area contributed by atoms with Crippen LogP contribution in [0.3, 0.4) is 0 Å². The van der Waals surface area contributed by atoms with Crippen LogP contribution >= 0.6 is 0 Å². The van der Waals surface area contributed by atoms with E-state index in [-0.39, 0.29) is 5.97 Å². The number of fused-ring (bicyclic) bond motifs is 2. The molecule has 0 saturated heterocycles. The Kier molecular flexibility index (Phi) is 9.18. The molecule has 208 valence electrons. The Morgan fingerprint density at radius 2 is 1.48 bits per heavy atom. The van der Waals surface area contributed by atoms with E-state index in [1.165, 1.54) is 6.92 Å². The summed E-state index contributed by atoms with van der Waals surface area (Å²) in [5.41, 5.74) is 7.12. The first-order chi connectivity index (χ1) is 19.6. The molecule has 0 atom stereocenters. The number of hydrogen-bond acceptors (Lipinski definition) is 7. The number of methoxy groups -OCH3 is 1. The smallest absolute Gasteiger partial charge is 0.302 e. The molecule has 9 nitrogen and oxygen atoms in total. The first-order valence-corrected chi connectivity index (χ1v) is 13.4. The van der Waals surface area contributed by atoms with Gasteiger partial charge in [0.05, 0.1) is 68.0 Å². The second kappa shape index (κ2) is 13.3. The van der Waals surface area contributed by atoms with Crippen LogP contribution in [0.25, 0.3) is 44.6 Å². The number of aromatic nitrogens is 4. The molecule has 9 heteroatoms. The van der Waals surface area contributed by atoms with Crippen LogP contribution in [0, 0.1) is 0 Å². The van der Waals surface area contributed by atoms with E-state index in [9.17, 15) is 4.79 Å². The maximum absolute atomic E-state index is 11.3. The number of imidazole rings is 2. The number of ether oxygens (including phenoxy) is 4. The van der Waals surface area contributed by atoms with E-state index < -0.39 is 0 Å². The molecule has 5 rings (SSSR count). The van der Waals surface area contributed by atoms with Crippen LogP contribution in [0.2, 0.25) is 0 Å². The number of carbonyl (C=O) groups excluding carboxylic acids is 1. The Labute approximate surface area is 233 Å². The van der Waals surface area contributed by atoms with Crippen molar-refractivity contribution in [2.45, 2.75) is 20.0 Å². The van der Waals surface area contributed by atoms with Crippen LogP contribution in [0.4, 0.5) is 0 Å². The van der Waals surface area contributed by atoms with Crippen LogP contribution in [0.1, 0.15) is 6.92 Å². The third-order valence-electron chi connectivity index (χ3n) is 6.65. The first kappa shape index (κ1) is 27.5. The van der Waals surface area contributed by atoms with Gasteiger partial charge in [-0.15, -0.1) is 0 Å². The Morgan fingerprint density at radius 1 is 0.750 bits per heavy atom. The summed E-state index contributed by atoms with van der Waals surface area (Å²) in [7, 11) is 1.66. The van der Waals surface area contributed by atoms with Gasteiger partial charge in [-0.25, -0.2) is 9.97 Å². The normalized spacial score (nSPS) is 11.4. The molecule has 0 bridgehead atoms. The first-order valence-electron chi connectivity index (χ1n) is 13.4. The molecule has 0 unspecified atom stereocenters. The minimum absolute atomic E-state index is 0.287. The van der Waals surface area contributed by atoms with Crippen molar-refractivity contribution in [3.8, 4) is 22.5 Å². The van der Waals surface area contributed by atoms with Crippen LogP contribution in [0.15, 0.2) is 73.1 Å². The minimum atomic E-state index is -0.287. The molecular formula is C31H34N4O5. The summed E-state index contributed by atoms with van der Waals surface area (Å²) in [4.78, 5) is 20.8. The Bertz CT molecular complexity index is 1560. The lowest BCUT2D eigenvalue weighted by atomic mass is 10.0. The van der Waals surface area contributed by atoms with Crippen LogP contribution in [-0.2, 0) is 36.8 Å². The fourth-order valence-corrected chi connectivity index (χ4v) is 4.66. The maximum atomic E-state index is 11.3. The van der Waals surface area contributed by atoms with Crippen molar-refractivity contribution in [1.82, 2.24) is 19.1 Å². The molecule has 0 amide bonds. The van der Waals surface area contributed by atoms with Gasteiger partial charge in [-0.2, -0.15) is 0 Å². The largest absolute Gasteiger partial charge is 0.464 e. The molecule has 2 aromatic heterocycles. The zero-order chi connectivity index (χ0) is 27.7. The van der Waals surface area contributed by atoms with Gasteiger partial charge in [0.15, 0.2) is 0 Å². The summed E-state index contributed by atoms with van der Waals surface area (Å²) >= 11 is 0. The predicted octanol–water partition coefficient (Wildman–Crippen LogP) is 4.96. The molecule has 0 radical (unpaired) electrons. The molecule has 0 aliphatic carbocycles. The monoisotopic (exact) mass is 542 g/mol. The Balaban J connectivity index is 1.26. The van der Waals surface area contributed by atoms with Crippen molar-refractivity contribution in [3.63, 3.8) is 0 Å². The number of carbonyl (C=O) groups is 1. The lowest BCUT2D eigenvalue weighted by molar-refractivity contribution is -0.141. The number of hydrogen-bond donors (Lipinski definition) is 0. The highest BCUT2D eigenvalue weighted by atomic mass is 16.5. The molecule has 3 aromatic carbocycles. The molecule has 0 aliphatic rings. The summed E-state index contributed by atoms with van der Waals surface area (Å²) in [6.07, 6.45) is 1.86. The minimum Gasteiger partial charge on any atom is -0.464 e. The molecule has 40 heavy (non-hydrogen) atoms. The second-order valence-corrected chi connectivity index (χ2v) is 9.35. The van der Waals surface area contributed by atoms with Crippen molar-refractivity contribution >= 4 is 28.0 Å². The average molecular weight is 543 g/mol. The maximum Gasteiger partial charge on any atom is 0.302 e. The van der Waals surface area contributed by atoms with E-state index in [0.717, 1.165) is 51.1 Å². The zero-order valence-electron chi connectivity index (χ0n) is 22.9. The van der Waals surface area contributed by atoms with E-state index in [2.05, 4.69) is 56.6 Å². The van der Waals surface area contributed by atoms with Gasteiger partial charge in [0.1, 0.15) is 12.4 Å². The lowest BCUT2D eigenvalue weighted by Crippen LogP contribution is -2.11. The van der Waals surface area contributed by atoms with E-state index in [0.29, 0.717) is 46.2 Å². The molecule has 0 saturated carbocycles. The number of nitrogens with zero attached hydrogens (tertiary/aromatic N) is 4. The van der Waals surface area contributed by atoms with E-state index in [4.69, 9.17) is 23.9 Å². The number of para-hydroxylation sites is 2. The summed E-state index contributed by atoms with van der Waals surface area (Å²) in [5, 5.41) is 0. The van der Waals surface area contributed by atoms with Crippen LogP contribution < -0.4 is 0 Å². The van der Waals surface area contributed by atoms with E-state index in [1.807, 2.05) is 30.6 Å². The Morgan fingerprint density at radius 3 is 2.27 bits per heavy atom. The predicted molar refractivity (Wildman–Crippen MR) is 154 cm³/mol. The van der Waals surface area contributed by atoms with Crippen molar-refractivity contribution < 1.29 is 23.7 Å². The van der Waals surface area contributed by atoms with Crippen LogP contribution in [-0.4, -0.2) is 71.8 Å². The van der Waals surface area contributed by atoms with Gasteiger partial charge < -0.3 is 28.1 Å². The molecule has 0 aliphatic heterocycles. The van der Waals surface area contributed by atoms with Gasteiger partial charge in [0.25, 0.3) is 0 Å². The van der Waals surface area contributed by atoms with Crippen LogP contribution in [0.5, 0.6) is 0 Å². The third kappa shape index (κ3) is 6.56. The second-order valence-electron chi connectivity index (χ2n) is 9.35. The highest BCUT2D eigenvalue weighted by Crippen LogP contribution is 2.29. The van der Waals surface area contributed by atoms with Gasteiger partial charge in [0, 0.05) is 26.1 Å². The lowest BCUT2D eigenvalue weighted by Gasteiger charge is -2.10. The van der Waals surface area contributed by atoms with Gasteiger partial charge >= 0.3 is 5.97 Å². The molecule has 0 spiro atoms. The van der Waals surface area contributed by atoms with Crippen molar-refractivity contribution in [1.29, 1.82) is 0 Å². The van der Waals surface area contributed by atoms with Gasteiger partial charge in [0.2, 0.25) is 0 Å². The van der Waals surface area contributed by atoms with Crippen molar-refractivity contribution in [3.05, 3.63) is 73.1 Å². The number of rotatable bonds is 14. The number of esters is 1. The van der Waals surface area contributed by atoms with Gasteiger partial charge in [-0.05, 0) is 35.4 Å². The summed E-state index contributed by atoms with van der Waals surface area (Å²) in [5.74, 6) is 0.558. The fourth-order valence-electron chi connectivity index (χ4n) is 4.66. The quantitative estimate of drug-likeness (QED) is 0.145. The molecule has 5 aromatic rings. The Hall–Kier alpha value is -4.05.